The number of thiazole rings is 1. The van der Waals surface area contributed by atoms with E-state index in [1.165, 1.54) is 16.2 Å². The standard InChI is InChI=1S/C17H19N3O3S2/c1-24-6-4-11(14(21)19-17-18-5-7-25-17)20-15(22)12-9-2-3-10(8-9)13(12)16(20)23/h2-3,5,7,9-13H,4,6,8H2,1H3,(H,18,19,21). The number of nitrogens with zero attached hydrogens (tertiary/aromatic N) is 2. The number of rotatable bonds is 6. The van der Waals surface area contributed by atoms with Crippen LogP contribution < -0.4 is 5.32 Å². The molecule has 2 bridgehead atoms. The van der Waals surface area contributed by atoms with Gasteiger partial charge in [-0.15, -0.1) is 11.3 Å². The van der Waals surface area contributed by atoms with Crippen molar-refractivity contribution < 1.29 is 14.4 Å². The molecule has 0 radical (unpaired) electrons. The summed E-state index contributed by atoms with van der Waals surface area (Å²) in [5, 5.41) is 5.01. The second-order valence-electron chi connectivity index (χ2n) is 6.67. The summed E-state index contributed by atoms with van der Waals surface area (Å²) < 4.78 is 0. The predicted molar refractivity (Wildman–Crippen MR) is 97.1 cm³/mol. The maximum Gasteiger partial charge on any atom is 0.249 e. The first-order chi connectivity index (χ1) is 12.1. The zero-order valence-corrected chi connectivity index (χ0v) is 15.4. The van der Waals surface area contributed by atoms with E-state index in [9.17, 15) is 14.4 Å². The van der Waals surface area contributed by atoms with Crippen molar-refractivity contribution in [2.24, 2.45) is 23.7 Å². The molecule has 5 unspecified atom stereocenters. The average molecular weight is 377 g/mol. The third-order valence-electron chi connectivity index (χ3n) is 5.38. The molecule has 1 N–H and O–H groups in total. The fourth-order valence-electron chi connectivity index (χ4n) is 4.31. The molecule has 1 saturated heterocycles. The van der Waals surface area contributed by atoms with Gasteiger partial charge in [0.15, 0.2) is 5.13 Å². The Bertz CT molecular complexity index is 704. The highest BCUT2D eigenvalue weighted by Crippen LogP contribution is 2.53. The van der Waals surface area contributed by atoms with Gasteiger partial charge in [-0.25, -0.2) is 4.98 Å². The second kappa shape index (κ2) is 6.57. The lowest BCUT2D eigenvalue weighted by atomic mass is 9.85. The molecule has 0 aromatic carbocycles. The highest BCUT2D eigenvalue weighted by Gasteiger charge is 2.61. The summed E-state index contributed by atoms with van der Waals surface area (Å²) in [5.74, 6) is -0.211. The molecule has 1 aromatic rings. The van der Waals surface area contributed by atoms with Gasteiger partial charge in [0, 0.05) is 11.6 Å². The largest absolute Gasteiger partial charge is 0.300 e. The molecule has 1 saturated carbocycles. The van der Waals surface area contributed by atoms with Crippen LogP contribution in [0.1, 0.15) is 12.8 Å². The molecule has 4 rings (SSSR count). The maximum atomic E-state index is 13.0. The first-order valence-electron chi connectivity index (χ1n) is 8.36. The van der Waals surface area contributed by atoms with Crippen molar-refractivity contribution in [3.05, 3.63) is 23.7 Å². The molecule has 2 fully saturated rings. The monoisotopic (exact) mass is 377 g/mol. The predicted octanol–water partition coefficient (Wildman–Crippen LogP) is 2.01. The number of fused-ring (bicyclic) bond motifs is 5. The Hall–Kier alpha value is -1.67. The number of amides is 3. The summed E-state index contributed by atoms with van der Waals surface area (Å²) in [4.78, 5) is 44.0. The summed E-state index contributed by atoms with van der Waals surface area (Å²) in [7, 11) is 0. The summed E-state index contributed by atoms with van der Waals surface area (Å²) in [5.41, 5.74) is 0. The number of anilines is 1. The SMILES string of the molecule is CSCCC(C(=O)Nc1nccs1)N1C(=O)C2C3C=CC(C3)C2C1=O. The fraction of sp³-hybridized carbons (Fsp3) is 0.529. The molecule has 6 nitrogen and oxygen atoms in total. The van der Waals surface area contributed by atoms with Gasteiger partial charge in [-0.3, -0.25) is 19.3 Å². The van der Waals surface area contributed by atoms with E-state index < -0.39 is 6.04 Å². The second-order valence-corrected chi connectivity index (χ2v) is 8.55. The van der Waals surface area contributed by atoms with Gasteiger partial charge >= 0.3 is 0 Å². The van der Waals surface area contributed by atoms with Crippen LogP contribution in [-0.4, -0.2) is 45.7 Å². The Morgan fingerprint density at radius 1 is 1.36 bits per heavy atom. The van der Waals surface area contributed by atoms with Crippen LogP contribution >= 0.6 is 23.1 Å². The lowest BCUT2D eigenvalue weighted by Crippen LogP contribution is -2.48. The van der Waals surface area contributed by atoms with Gasteiger partial charge in [-0.05, 0) is 36.7 Å². The third-order valence-corrected chi connectivity index (χ3v) is 6.71. The van der Waals surface area contributed by atoms with Gasteiger partial charge in [-0.2, -0.15) is 11.8 Å². The van der Waals surface area contributed by atoms with Gasteiger partial charge in [0.05, 0.1) is 11.8 Å². The Morgan fingerprint density at radius 3 is 2.60 bits per heavy atom. The number of hydrogen-bond donors (Lipinski definition) is 1. The van der Waals surface area contributed by atoms with E-state index in [2.05, 4.69) is 22.5 Å². The van der Waals surface area contributed by atoms with E-state index in [0.29, 0.717) is 17.3 Å². The normalized spacial score (nSPS) is 30.8. The number of thioether (sulfide) groups is 1. The minimum Gasteiger partial charge on any atom is -0.300 e. The molecule has 0 spiro atoms. The van der Waals surface area contributed by atoms with Gasteiger partial charge < -0.3 is 5.32 Å². The molecule has 3 aliphatic rings. The Balaban J connectivity index is 1.58. The van der Waals surface area contributed by atoms with Crippen molar-refractivity contribution in [3.63, 3.8) is 0 Å². The van der Waals surface area contributed by atoms with Crippen molar-refractivity contribution in [3.8, 4) is 0 Å². The molecule has 132 valence electrons. The highest BCUT2D eigenvalue weighted by atomic mass is 32.2. The molecule has 8 heteroatoms. The van der Waals surface area contributed by atoms with Gasteiger partial charge in [0.25, 0.3) is 0 Å². The number of carbonyl (C=O) groups is 3. The van der Waals surface area contributed by atoms with Crippen LogP contribution in [0.3, 0.4) is 0 Å². The smallest absolute Gasteiger partial charge is 0.249 e. The van der Waals surface area contributed by atoms with E-state index in [0.717, 1.165) is 6.42 Å². The first-order valence-corrected chi connectivity index (χ1v) is 10.6. The lowest BCUT2D eigenvalue weighted by molar-refractivity contribution is -0.147. The van der Waals surface area contributed by atoms with E-state index in [1.54, 1.807) is 23.3 Å². The van der Waals surface area contributed by atoms with E-state index in [-0.39, 0.29) is 41.4 Å². The zero-order valence-electron chi connectivity index (χ0n) is 13.8. The fourth-order valence-corrected chi connectivity index (χ4v) is 5.30. The summed E-state index contributed by atoms with van der Waals surface area (Å²) in [6.07, 6.45) is 9.03. The molecule has 25 heavy (non-hydrogen) atoms. The van der Waals surface area contributed by atoms with Crippen molar-refractivity contribution in [1.29, 1.82) is 0 Å². The van der Waals surface area contributed by atoms with Crippen LogP contribution in [0.5, 0.6) is 0 Å². The van der Waals surface area contributed by atoms with E-state index in [1.807, 2.05) is 6.26 Å². The van der Waals surface area contributed by atoms with Crippen molar-refractivity contribution in [2.75, 3.05) is 17.3 Å². The Kier molecular flexibility index (Phi) is 4.41. The van der Waals surface area contributed by atoms with Crippen molar-refractivity contribution in [2.45, 2.75) is 18.9 Å². The lowest BCUT2D eigenvalue weighted by Gasteiger charge is -2.26. The number of aromatic nitrogens is 1. The number of carbonyl (C=O) groups excluding carboxylic acids is 3. The molecule has 3 amide bonds. The first kappa shape index (κ1) is 16.8. The third kappa shape index (κ3) is 2.71. The number of hydrogen-bond acceptors (Lipinski definition) is 6. The van der Waals surface area contributed by atoms with Gasteiger partial charge in [0.2, 0.25) is 17.7 Å². The zero-order chi connectivity index (χ0) is 17.6. The van der Waals surface area contributed by atoms with Crippen LogP contribution in [0.25, 0.3) is 0 Å². The molecule has 1 aliphatic heterocycles. The highest BCUT2D eigenvalue weighted by molar-refractivity contribution is 7.98. The average Bonchev–Trinajstić information content (AvgIpc) is 3.36. The van der Waals surface area contributed by atoms with Crippen LogP contribution in [0.4, 0.5) is 5.13 Å². The minimum atomic E-state index is -0.763. The summed E-state index contributed by atoms with van der Waals surface area (Å²) in [6, 6.07) is -0.763. The molecular formula is C17H19N3O3S2. The van der Waals surface area contributed by atoms with Crippen molar-refractivity contribution >= 4 is 46.0 Å². The minimum absolute atomic E-state index is 0.152. The number of allylic oxidation sites excluding steroid dienone is 2. The molecule has 2 aliphatic carbocycles. The molecule has 5 atom stereocenters. The Labute approximate surface area is 154 Å². The van der Waals surface area contributed by atoms with Gasteiger partial charge in [0.1, 0.15) is 6.04 Å². The number of nitrogens with one attached hydrogen (secondary N) is 1. The maximum absolute atomic E-state index is 13.0. The molecule has 1 aromatic heterocycles. The van der Waals surface area contributed by atoms with E-state index in [4.69, 9.17) is 0 Å². The van der Waals surface area contributed by atoms with Gasteiger partial charge in [-0.1, -0.05) is 12.2 Å². The van der Waals surface area contributed by atoms with Crippen LogP contribution in [-0.2, 0) is 14.4 Å². The Morgan fingerprint density at radius 2 is 2.04 bits per heavy atom. The van der Waals surface area contributed by atoms with Crippen molar-refractivity contribution in [1.82, 2.24) is 9.88 Å². The summed E-state index contributed by atoms with van der Waals surface area (Å²) in [6.45, 7) is 0. The van der Waals surface area contributed by atoms with Crippen LogP contribution in [0.15, 0.2) is 23.7 Å². The molecule has 2 heterocycles. The van der Waals surface area contributed by atoms with Crippen LogP contribution in [0, 0.1) is 23.7 Å². The molecular weight excluding hydrogens is 358 g/mol. The van der Waals surface area contributed by atoms with E-state index >= 15 is 0 Å². The number of imide groups is 1. The quantitative estimate of drug-likeness (QED) is 0.606. The summed E-state index contributed by atoms with van der Waals surface area (Å²) >= 11 is 2.91. The van der Waals surface area contributed by atoms with Crippen LogP contribution in [0.2, 0.25) is 0 Å². The number of likely N-dealkylation sites (tertiary alicyclic amines) is 1. The topological polar surface area (TPSA) is 79.4 Å².